The summed E-state index contributed by atoms with van der Waals surface area (Å²) in [7, 11) is 1.47. The first kappa shape index (κ1) is 27.6. The molecule has 198 valence electrons. The second-order valence-corrected chi connectivity index (χ2v) is 8.28. The van der Waals surface area contributed by atoms with E-state index in [2.05, 4.69) is 15.1 Å². The summed E-state index contributed by atoms with van der Waals surface area (Å²) < 4.78 is 55.6. The summed E-state index contributed by atoms with van der Waals surface area (Å²) >= 11 is 5.81. The molecule has 1 atom stereocenters. The third-order valence-corrected chi connectivity index (χ3v) is 5.56. The number of piperazine rings is 1. The van der Waals surface area contributed by atoms with Crippen molar-refractivity contribution in [2.24, 2.45) is 0 Å². The monoisotopic (exact) mass is 534 g/mol. The molecule has 1 N–H and O–H groups in total. The molecular formula is C21H26ClF3N6O5. The number of ether oxygens (including phenoxy) is 3. The topological polar surface area (TPSA) is 123 Å². The molecule has 1 fully saturated rings. The molecule has 0 bridgehead atoms. The Morgan fingerprint density at radius 2 is 1.86 bits per heavy atom. The van der Waals surface area contributed by atoms with Crippen molar-refractivity contribution in [2.75, 3.05) is 58.0 Å². The predicted octanol–water partition coefficient (Wildman–Crippen LogP) is 1.77. The number of carbonyl (C=O) groups is 1. The van der Waals surface area contributed by atoms with Crippen LogP contribution in [0.5, 0.6) is 5.75 Å². The van der Waals surface area contributed by atoms with E-state index in [9.17, 15) is 22.8 Å². The van der Waals surface area contributed by atoms with Crippen LogP contribution in [-0.2, 0) is 20.4 Å². The zero-order valence-corrected chi connectivity index (χ0v) is 20.2. The standard InChI is InChI=1S/C21H26ClF3N6O5/c1-34-8-2-15(13-36-16-12-28-29-19(33)18(16)21(23,24)25)35-9-3-17(32)30-4-6-31(7-5-30)20-26-10-14(22)11-27-20/h10-12,15H,2-9,13H2,1H3,(H,29,33)/t15-/m0/s1. The van der Waals surface area contributed by atoms with Gasteiger partial charge in [-0.3, -0.25) is 9.59 Å². The van der Waals surface area contributed by atoms with Gasteiger partial charge in [0.05, 0.1) is 42.7 Å². The Morgan fingerprint density at radius 1 is 1.17 bits per heavy atom. The number of nitrogens with one attached hydrogen (secondary N) is 1. The molecule has 2 aromatic rings. The Hall–Kier alpha value is -2.97. The molecule has 1 aliphatic heterocycles. The van der Waals surface area contributed by atoms with E-state index in [1.165, 1.54) is 19.5 Å². The highest BCUT2D eigenvalue weighted by atomic mass is 35.5. The molecule has 1 aliphatic rings. The van der Waals surface area contributed by atoms with E-state index < -0.39 is 29.2 Å². The van der Waals surface area contributed by atoms with Gasteiger partial charge in [0.2, 0.25) is 11.9 Å². The average molecular weight is 535 g/mol. The number of rotatable bonds is 11. The molecule has 11 nitrogen and oxygen atoms in total. The largest absolute Gasteiger partial charge is 0.488 e. The van der Waals surface area contributed by atoms with Crippen LogP contribution in [0.1, 0.15) is 18.4 Å². The lowest BCUT2D eigenvalue weighted by molar-refractivity contribution is -0.141. The summed E-state index contributed by atoms with van der Waals surface area (Å²) in [5, 5.41) is 5.56. The number of aromatic nitrogens is 4. The van der Waals surface area contributed by atoms with Crippen LogP contribution in [0.2, 0.25) is 5.02 Å². The van der Waals surface area contributed by atoms with Crippen LogP contribution in [0.3, 0.4) is 0 Å². The molecular weight excluding hydrogens is 509 g/mol. The summed E-state index contributed by atoms with van der Waals surface area (Å²) in [6.07, 6.45) is -1.38. The van der Waals surface area contributed by atoms with Gasteiger partial charge in [0.15, 0.2) is 11.3 Å². The van der Waals surface area contributed by atoms with Crippen molar-refractivity contribution in [1.29, 1.82) is 0 Å². The maximum Gasteiger partial charge on any atom is 0.425 e. The Balaban J connectivity index is 1.48. The van der Waals surface area contributed by atoms with Gasteiger partial charge in [-0.1, -0.05) is 11.6 Å². The van der Waals surface area contributed by atoms with E-state index in [0.29, 0.717) is 43.6 Å². The molecule has 15 heteroatoms. The normalized spacial score (nSPS) is 15.1. The maximum atomic E-state index is 13.2. The third-order valence-electron chi connectivity index (χ3n) is 5.36. The van der Waals surface area contributed by atoms with Crippen molar-refractivity contribution in [3.63, 3.8) is 0 Å². The maximum absolute atomic E-state index is 13.2. The SMILES string of the molecule is COCC[C@@H](COc1cn[nH]c(=O)c1C(F)(F)F)OCCC(=O)N1CCN(c2ncc(Cl)cn2)CC1. The highest BCUT2D eigenvalue weighted by Crippen LogP contribution is 2.32. The molecule has 0 spiro atoms. The minimum absolute atomic E-state index is 0.0385. The lowest BCUT2D eigenvalue weighted by Gasteiger charge is -2.34. The van der Waals surface area contributed by atoms with Crippen LogP contribution in [-0.4, -0.2) is 90.2 Å². The van der Waals surface area contributed by atoms with E-state index in [4.69, 9.17) is 25.8 Å². The molecule has 0 radical (unpaired) electrons. The summed E-state index contributed by atoms with van der Waals surface area (Å²) in [6.45, 7) is 2.10. The number of amides is 1. The molecule has 0 saturated carbocycles. The number of nitrogens with zero attached hydrogens (tertiary/aromatic N) is 5. The molecule has 1 saturated heterocycles. The molecule has 3 rings (SSSR count). The first-order valence-electron chi connectivity index (χ1n) is 11.1. The Bertz CT molecular complexity index is 1050. The van der Waals surface area contributed by atoms with Crippen molar-refractivity contribution in [3.8, 4) is 5.75 Å². The Kier molecular flexibility index (Phi) is 9.84. The molecule has 0 aromatic carbocycles. The van der Waals surface area contributed by atoms with Crippen LogP contribution >= 0.6 is 11.6 Å². The van der Waals surface area contributed by atoms with Crippen molar-refractivity contribution in [2.45, 2.75) is 25.1 Å². The van der Waals surface area contributed by atoms with Gasteiger partial charge in [-0.2, -0.15) is 18.3 Å². The number of anilines is 1. The second kappa shape index (κ2) is 12.8. The highest BCUT2D eigenvalue weighted by Gasteiger charge is 2.38. The zero-order chi connectivity index (χ0) is 26.1. The van der Waals surface area contributed by atoms with Crippen LogP contribution in [0.4, 0.5) is 19.1 Å². The van der Waals surface area contributed by atoms with Crippen LogP contribution in [0.15, 0.2) is 23.4 Å². The van der Waals surface area contributed by atoms with Gasteiger partial charge in [0, 0.05) is 46.3 Å². The molecule has 2 aromatic heterocycles. The third kappa shape index (κ3) is 7.77. The minimum Gasteiger partial charge on any atom is -0.488 e. The number of hydrogen-bond donors (Lipinski definition) is 1. The fraction of sp³-hybridized carbons (Fsp3) is 0.571. The fourth-order valence-electron chi connectivity index (χ4n) is 3.50. The number of methoxy groups -OCH3 is 1. The minimum atomic E-state index is -4.91. The molecule has 0 unspecified atom stereocenters. The molecule has 3 heterocycles. The molecule has 0 aliphatic carbocycles. The van der Waals surface area contributed by atoms with Crippen LogP contribution < -0.4 is 15.2 Å². The first-order chi connectivity index (χ1) is 17.2. The number of alkyl halides is 3. The van der Waals surface area contributed by atoms with Crippen molar-refractivity contribution < 1.29 is 32.2 Å². The van der Waals surface area contributed by atoms with Crippen molar-refractivity contribution in [1.82, 2.24) is 25.1 Å². The number of halogens is 4. The van der Waals surface area contributed by atoms with Crippen molar-refractivity contribution in [3.05, 3.63) is 39.5 Å². The van der Waals surface area contributed by atoms with Gasteiger partial charge in [0.1, 0.15) is 6.61 Å². The van der Waals surface area contributed by atoms with E-state index in [0.717, 1.165) is 6.20 Å². The summed E-state index contributed by atoms with van der Waals surface area (Å²) in [4.78, 5) is 36.2. The summed E-state index contributed by atoms with van der Waals surface area (Å²) in [5.74, 6) is -0.271. The fourth-order valence-corrected chi connectivity index (χ4v) is 3.60. The van der Waals surface area contributed by atoms with E-state index in [1.54, 1.807) is 10.00 Å². The number of aromatic amines is 1. The Labute approximate surface area is 209 Å². The zero-order valence-electron chi connectivity index (χ0n) is 19.5. The van der Waals surface area contributed by atoms with Gasteiger partial charge in [0.25, 0.3) is 5.56 Å². The highest BCUT2D eigenvalue weighted by molar-refractivity contribution is 6.30. The average Bonchev–Trinajstić information content (AvgIpc) is 2.85. The summed E-state index contributed by atoms with van der Waals surface area (Å²) in [5.41, 5.74) is -2.87. The second-order valence-electron chi connectivity index (χ2n) is 7.84. The van der Waals surface area contributed by atoms with Gasteiger partial charge >= 0.3 is 6.18 Å². The van der Waals surface area contributed by atoms with Gasteiger partial charge in [-0.05, 0) is 0 Å². The lowest BCUT2D eigenvalue weighted by Crippen LogP contribution is -2.49. The predicted molar refractivity (Wildman–Crippen MR) is 122 cm³/mol. The quantitative estimate of drug-likeness (QED) is 0.459. The van der Waals surface area contributed by atoms with E-state index in [-0.39, 0.29) is 32.1 Å². The van der Waals surface area contributed by atoms with Gasteiger partial charge < -0.3 is 24.0 Å². The van der Waals surface area contributed by atoms with Crippen molar-refractivity contribution >= 4 is 23.5 Å². The van der Waals surface area contributed by atoms with E-state index >= 15 is 0 Å². The lowest BCUT2D eigenvalue weighted by atomic mass is 10.2. The number of hydrogen-bond acceptors (Lipinski definition) is 9. The molecule has 1 amide bonds. The van der Waals surface area contributed by atoms with Crippen LogP contribution in [0.25, 0.3) is 0 Å². The number of carbonyl (C=O) groups excluding carboxylic acids is 1. The number of H-pyrrole nitrogens is 1. The Morgan fingerprint density at radius 3 is 2.50 bits per heavy atom. The smallest absolute Gasteiger partial charge is 0.425 e. The first-order valence-corrected chi connectivity index (χ1v) is 11.4. The van der Waals surface area contributed by atoms with Crippen LogP contribution in [0, 0.1) is 0 Å². The van der Waals surface area contributed by atoms with Gasteiger partial charge in [-0.25, -0.2) is 15.1 Å². The van der Waals surface area contributed by atoms with Gasteiger partial charge in [-0.15, -0.1) is 0 Å². The molecule has 36 heavy (non-hydrogen) atoms. The summed E-state index contributed by atoms with van der Waals surface area (Å²) in [6, 6.07) is 0. The van der Waals surface area contributed by atoms with E-state index in [1.807, 2.05) is 4.90 Å².